The molecule has 0 saturated carbocycles. The topological polar surface area (TPSA) is 47.8 Å². The summed E-state index contributed by atoms with van der Waals surface area (Å²) in [6, 6.07) is 1.73. The van der Waals surface area contributed by atoms with Crippen LogP contribution in [-0.2, 0) is 13.5 Å². The second kappa shape index (κ2) is 4.90. The zero-order chi connectivity index (χ0) is 13.3. The first-order chi connectivity index (χ1) is 8.50. The predicted octanol–water partition coefficient (Wildman–Crippen LogP) is 2.51. The highest BCUT2D eigenvalue weighted by atomic mass is 35.5. The molecule has 0 unspecified atom stereocenters. The molecule has 5 heteroatoms. The summed E-state index contributed by atoms with van der Waals surface area (Å²) in [5.41, 5.74) is 3.15. The van der Waals surface area contributed by atoms with Gasteiger partial charge in [0.2, 0.25) is 0 Å². The Kier molecular flexibility index (Phi) is 3.48. The first kappa shape index (κ1) is 12.8. The number of nitrogens with zero attached hydrogens (tertiary/aromatic N) is 3. The summed E-state index contributed by atoms with van der Waals surface area (Å²) in [7, 11) is 1.76. The van der Waals surface area contributed by atoms with Crippen molar-refractivity contribution < 1.29 is 4.79 Å². The number of halogens is 1. The summed E-state index contributed by atoms with van der Waals surface area (Å²) in [5.74, 6) is 0.0351. The van der Waals surface area contributed by atoms with Crippen molar-refractivity contribution in [2.24, 2.45) is 7.05 Å². The van der Waals surface area contributed by atoms with Gasteiger partial charge >= 0.3 is 0 Å². The van der Waals surface area contributed by atoms with E-state index in [-0.39, 0.29) is 12.2 Å². The third-order valence-corrected chi connectivity index (χ3v) is 3.40. The average molecular weight is 264 g/mol. The number of aryl methyl sites for hydroxylation is 3. The standard InChI is InChI=1S/C13H14ClN3O/c1-8-7-15-5-4-10(8)12(18)6-11-9(2)16-17(3)13(11)14/h4-5,7H,6H2,1-3H3. The van der Waals surface area contributed by atoms with Crippen molar-refractivity contribution in [1.29, 1.82) is 0 Å². The smallest absolute Gasteiger partial charge is 0.167 e. The van der Waals surface area contributed by atoms with Crippen molar-refractivity contribution >= 4 is 17.4 Å². The summed E-state index contributed by atoms with van der Waals surface area (Å²) in [6.45, 7) is 3.73. The molecule has 0 aliphatic heterocycles. The van der Waals surface area contributed by atoms with Crippen molar-refractivity contribution in [3.05, 3.63) is 46.0 Å². The van der Waals surface area contributed by atoms with Crippen LogP contribution in [0.2, 0.25) is 5.15 Å². The van der Waals surface area contributed by atoms with Crippen LogP contribution >= 0.6 is 11.6 Å². The van der Waals surface area contributed by atoms with Gasteiger partial charge in [-0.2, -0.15) is 5.10 Å². The Hall–Kier alpha value is -1.68. The number of carbonyl (C=O) groups is 1. The van der Waals surface area contributed by atoms with Gasteiger partial charge in [-0.1, -0.05) is 11.6 Å². The predicted molar refractivity (Wildman–Crippen MR) is 70.0 cm³/mol. The summed E-state index contributed by atoms with van der Waals surface area (Å²) in [5, 5.41) is 4.72. The number of aromatic nitrogens is 3. The van der Waals surface area contributed by atoms with Crippen LogP contribution in [0.4, 0.5) is 0 Å². The SMILES string of the molecule is Cc1cnccc1C(=O)Cc1c(C)nn(C)c1Cl. The second-order valence-electron chi connectivity index (χ2n) is 4.27. The van der Waals surface area contributed by atoms with Gasteiger partial charge in [-0.15, -0.1) is 0 Å². The molecule has 94 valence electrons. The zero-order valence-electron chi connectivity index (χ0n) is 10.6. The van der Waals surface area contributed by atoms with E-state index in [4.69, 9.17) is 11.6 Å². The normalized spacial score (nSPS) is 10.7. The largest absolute Gasteiger partial charge is 0.294 e. The number of hydrogen-bond donors (Lipinski definition) is 0. The number of rotatable bonds is 3. The van der Waals surface area contributed by atoms with E-state index >= 15 is 0 Å². The highest BCUT2D eigenvalue weighted by molar-refractivity contribution is 6.30. The Morgan fingerprint density at radius 2 is 2.17 bits per heavy atom. The molecule has 0 aromatic carbocycles. The quantitative estimate of drug-likeness (QED) is 0.800. The van der Waals surface area contributed by atoms with Crippen molar-refractivity contribution in [3.8, 4) is 0 Å². The number of carbonyl (C=O) groups excluding carboxylic acids is 1. The van der Waals surface area contributed by atoms with E-state index in [2.05, 4.69) is 10.1 Å². The van der Waals surface area contributed by atoms with Crippen LogP contribution in [0, 0.1) is 13.8 Å². The van der Waals surface area contributed by atoms with Crippen molar-refractivity contribution in [2.75, 3.05) is 0 Å². The Balaban J connectivity index is 2.30. The molecule has 0 atom stereocenters. The monoisotopic (exact) mass is 263 g/mol. The van der Waals surface area contributed by atoms with Crippen LogP contribution in [0.5, 0.6) is 0 Å². The molecule has 4 nitrogen and oxygen atoms in total. The molecule has 2 aromatic rings. The molecule has 2 aromatic heterocycles. The fraction of sp³-hybridized carbons (Fsp3) is 0.308. The van der Waals surface area contributed by atoms with Crippen LogP contribution in [-0.4, -0.2) is 20.5 Å². The fourth-order valence-corrected chi connectivity index (χ4v) is 2.16. The molecular weight excluding hydrogens is 250 g/mol. The Morgan fingerprint density at radius 3 is 2.72 bits per heavy atom. The maximum atomic E-state index is 12.2. The molecule has 0 aliphatic carbocycles. The minimum atomic E-state index is 0.0351. The number of ketones is 1. The Morgan fingerprint density at radius 1 is 1.44 bits per heavy atom. The van der Waals surface area contributed by atoms with Gasteiger partial charge in [-0.25, -0.2) is 0 Å². The van der Waals surface area contributed by atoms with E-state index in [1.165, 1.54) is 0 Å². The minimum absolute atomic E-state index is 0.0351. The molecule has 0 amide bonds. The van der Waals surface area contributed by atoms with Crippen molar-refractivity contribution in [2.45, 2.75) is 20.3 Å². The van der Waals surface area contributed by atoms with Crippen LogP contribution in [0.1, 0.15) is 27.2 Å². The Labute approximate surface area is 111 Å². The first-order valence-electron chi connectivity index (χ1n) is 5.62. The lowest BCUT2D eigenvalue weighted by Crippen LogP contribution is -2.06. The lowest BCUT2D eigenvalue weighted by Gasteiger charge is -2.04. The van der Waals surface area contributed by atoms with E-state index in [0.29, 0.717) is 10.7 Å². The fourth-order valence-electron chi connectivity index (χ4n) is 1.92. The average Bonchev–Trinajstić information content (AvgIpc) is 2.56. The van der Waals surface area contributed by atoms with Gasteiger partial charge in [0.15, 0.2) is 5.78 Å². The van der Waals surface area contributed by atoms with Crippen molar-refractivity contribution in [3.63, 3.8) is 0 Å². The molecule has 0 saturated heterocycles. The second-order valence-corrected chi connectivity index (χ2v) is 4.63. The van der Waals surface area contributed by atoms with Crippen LogP contribution in [0.3, 0.4) is 0 Å². The van der Waals surface area contributed by atoms with Gasteiger partial charge in [0, 0.05) is 37.0 Å². The summed E-state index contributed by atoms with van der Waals surface area (Å²) in [6.07, 6.45) is 3.58. The molecular formula is C13H14ClN3O. The maximum absolute atomic E-state index is 12.2. The van der Waals surface area contributed by atoms with Crippen molar-refractivity contribution in [1.82, 2.24) is 14.8 Å². The lowest BCUT2D eigenvalue weighted by atomic mass is 10.0. The van der Waals surface area contributed by atoms with Gasteiger partial charge in [0.25, 0.3) is 0 Å². The summed E-state index contributed by atoms with van der Waals surface area (Å²) >= 11 is 6.12. The van der Waals surface area contributed by atoms with Gasteiger partial charge in [0.05, 0.1) is 5.69 Å². The lowest BCUT2D eigenvalue weighted by molar-refractivity contribution is 0.0992. The number of pyridine rings is 1. The van der Waals surface area contributed by atoms with Gasteiger partial charge < -0.3 is 0 Å². The van der Waals surface area contributed by atoms with Gasteiger partial charge in [0.1, 0.15) is 5.15 Å². The van der Waals surface area contributed by atoms with Gasteiger partial charge in [-0.05, 0) is 25.5 Å². The maximum Gasteiger partial charge on any atom is 0.167 e. The minimum Gasteiger partial charge on any atom is -0.294 e. The van der Waals surface area contributed by atoms with Crippen LogP contribution < -0.4 is 0 Å². The number of hydrogen-bond acceptors (Lipinski definition) is 3. The third-order valence-electron chi connectivity index (χ3n) is 2.93. The Bertz CT molecular complexity index is 604. The van der Waals surface area contributed by atoms with E-state index in [1.807, 2.05) is 13.8 Å². The van der Waals surface area contributed by atoms with E-state index in [1.54, 1.807) is 30.2 Å². The number of Topliss-reactive ketones (excluding diaryl/α,β-unsaturated/α-hetero) is 1. The highest BCUT2D eigenvalue weighted by Crippen LogP contribution is 2.21. The van der Waals surface area contributed by atoms with E-state index < -0.39 is 0 Å². The third kappa shape index (κ3) is 2.29. The molecule has 0 bridgehead atoms. The highest BCUT2D eigenvalue weighted by Gasteiger charge is 2.17. The summed E-state index contributed by atoms with van der Waals surface area (Å²) in [4.78, 5) is 16.2. The van der Waals surface area contributed by atoms with Gasteiger partial charge in [-0.3, -0.25) is 14.5 Å². The molecule has 0 spiro atoms. The molecule has 18 heavy (non-hydrogen) atoms. The zero-order valence-corrected chi connectivity index (χ0v) is 11.3. The summed E-state index contributed by atoms with van der Waals surface area (Å²) < 4.78 is 1.58. The van der Waals surface area contributed by atoms with E-state index in [0.717, 1.165) is 16.8 Å². The first-order valence-corrected chi connectivity index (χ1v) is 6.00. The van der Waals surface area contributed by atoms with Crippen LogP contribution in [0.25, 0.3) is 0 Å². The molecule has 2 heterocycles. The molecule has 0 N–H and O–H groups in total. The molecule has 0 fully saturated rings. The molecule has 0 aliphatic rings. The van der Waals surface area contributed by atoms with E-state index in [9.17, 15) is 4.79 Å². The van der Waals surface area contributed by atoms with Crippen LogP contribution in [0.15, 0.2) is 18.5 Å². The molecule has 2 rings (SSSR count). The molecule has 0 radical (unpaired) electrons.